The van der Waals surface area contributed by atoms with Gasteiger partial charge in [-0.3, -0.25) is 10.9 Å². The highest BCUT2D eigenvalue weighted by Crippen LogP contribution is 2.27. The van der Waals surface area contributed by atoms with Crippen LogP contribution in [-0.2, 0) is 14.2 Å². The van der Waals surface area contributed by atoms with Gasteiger partial charge in [-0.2, -0.15) is 10.2 Å². The van der Waals surface area contributed by atoms with Crippen molar-refractivity contribution in [1.82, 2.24) is 0 Å². The molecular weight excluding hydrogens is 472 g/mol. The number of para-hydroxylation sites is 2. The fourth-order valence-electron chi connectivity index (χ4n) is 3.84. The molecule has 36 heavy (non-hydrogen) atoms. The predicted octanol–water partition coefficient (Wildman–Crippen LogP) is -0.503. The lowest BCUT2D eigenvalue weighted by Gasteiger charge is -2.41. The summed E-state index contributed by atoms with van der Waals surface area (Å²) in [5.74, 6) is 0. The third kappa shape index (κ3) is 6.24. The van der Waals surface area contributed by atoms with Crippen LogP contribution in [-0.4, -0.2) is 99.7 Å². The zero-order chi connectivity index (χ0) is 25.5. The standard InChI is InChI=1S/C24H30N4O8/c29-12-18-19(31)20(32)21(33)24(35-18)36-23-17(30)13-34-22(23)16(28-27-15-9-5-2-6-10-15)11-25-26-14-7-3-1-4-8-14/h1-11,17-24,26-27,29-33H,12-13H2/b25-11-,28-16+/t17-,18+,19-,20-,21-,22-,23-,24-/m1/s1. The van der Waals surface area contributed by atoms with Crippen molar-refractivity contribution in [3.63, 3.8) is 0 Å². The molecule has 0 unspecified atom stereocenters. The van der Waals surface area contributed by atoms with Crippen LogP contribution >= 0.6 is 0 Å². The molecule has 12 heteroatoms. The minimum atomic E-state index is -1.63. The molecule has 7 N–H and O–H groups in total. The Morgan fingerprint density at radius 2 is 1.56 bits per heavy atom. The zero-order valence-electron chi connectivity index (χ0n) is 19.2. The lowest BCUT2D eigenvalue weighted by molar-refractivity contribution is -0.316. The first-order valence-corrected chi connectivity index (χ1v) is 11.5. The van der Waals surface area contributed by atoms with E-state index in [9.17, 15) is 25.5 Å². The first-order valence-electron chi connectivity index (χ1n) is 11.5. The topological polar surface area (TPSA) is 178 Å². The van der Waals surface area contributed by atoms with E-state index in [1.54, 1.807) is 0 Å². The van der Waals surface area contributed by atoms with Crippen LogP contribution in [0.5, 0.6) is 0 Å². The Morgan fingerprint density at radius 1 is 0.917 bits per heavy atom. The van der Waals surface area contributed by atoms with Crippen LogP contribution in [0.2, 0.25) is 0 Å². The molecule has 2 heterocycles. The van der Waals surface area contributed by atoms with Crippen molar-refractivity contribution in [2.24, 2.45) is 10.2 Å². The molecule has 0 bridgehead atoms. The Hall–Kier alpha value is -2.94. The second-order valence-corrected chi connectivity index (χ2v) is 8.37. The molecule has 0 saturated carbocycles. The van der Waals surface area contributed by atoms with Gasteiger partial charge in [0.05, 0.1) is 30.8 Å². The van der Waals surface area contributed by atoms with Gasteiger partial charge >= 0.3 is 0 Å². The number of aliphatic hydroxyl groups excluding tert-OH is 5. The van der Waals surface area contributed by atoms with Crippen LogP contribution in [0.1, 0.15) is 0 Å². The molecule has 2 saturated heterocycles. The normalized spacial score (nSPS) is 33.1. The number of hydrogen-bond donors (Lipinski definition) is 7. The average molecular weight is 503 g/mol. The molecule has 0 amide bonds. The van der Waals surface area contributed by atoms with Crippen LogP contribution in [0.4, 0.5) is 11.4 Å². The molecule has 2 fully saturated rings. The van der Waals surface area contributed by atoms with Gasteiger partial charge in [-0.05, 0) is 24.3 Å². The van der Waals surface area contributed by atoms with Crippen molar-refractivity contribution in [2.45, 2.75) is 49.0 Å². The van der Waals surface area contributed by atoms with Crippen LogP contribution in [0.25, 0.3) is 0 Å². The maximum atomic E-state index is 10.6. The molecule has 4 rings (SSSR count). The summed E-state index contributed by atoms with van der Waals surface area (Å²) in [6, 6.07) is 18.4. The van der Waals surface area contributed by atoms with Crippen molar-refractivity contribution < 1.29 is 39.7 Å². The maximum Gasteiger partial charge on any atom is 0.187 e. The number of hydrazone groups is 2. The SMILES string of the molecule is OC[C@@H]1O[C@H](O[C@@H]2[C@H](O)CO[C@@H]2C(/C=N\Nc2ccccc2)=N/Nc2ccccc2)[C@H](O)[C@H](O)[C@@H]1O. The van der Waals surface area contributed by atoms with E-state index >= 15 is 0 Å². The van der Waals surface area contributed by atoms with Crippen molar-refractivity contribution >= 4 is 23.3 Å². The van der Waals surface area contributed by atoms with Crippen molar-refractivity contribution in [2.75, 3.05) is 24.1 Å². The molecule has 0 radical (unpaired) electrons. The molecule has 8 atom stereocenters. The Kier molecular flexibility index (Phi) is 8.96. The Labute approximate surface area is 207 Å². The van der Waals surface area contributed by atoms with Crippen LogP contribution < -0.4 is 10.9 Å². The summed E-state index contributed by atoms with van der Waals surface area (Å²) in [4.78, 5) is 0. The molecule has 2 aromatic rings. The van der Waals surface area contributed by atoms with Crippen LogP contribution in [0.3, 0.4) is 0 Å². The van der Waals surface area contributed by atoms with E-state index in [0.29, 0.717) is 5.69 Å². The first kappa shape index (κ1) is 26.1. The molecule has 0 spiro atoms. The monoisotopic (exact) mass is 502 g/mol. The Balaban J connectivity index is 1.54. The van der Waals surface area contributed by atoms with Crippen LogP contribution in [0.15, 0.2) is 70.9 Å². The minimum absolute atomic E-state index is 0.100. The highest BCUT2D eigenvalue weighted by molar-refractivity contribution is 6.33. The van der Waals surface area contributed by atoms with E-state index in [-0.39, 0.29) is 12.3 Å². The maximum absolute atomic E-state index is 10.6. The number of aliphatic hydroxyl groups is 5. The van der Waals surface area contributed by atoms with E-state index in [4.69, 9.17) is 14.2 Å². The lowest BCUT2D eigenvalue weighted by Crippen LogP contribution is -2.60. The van der Waals surface area contributed by atoms with E-state index in [1.807, 2.05) is 60.7 Å². The fraction of sp³-hybridized carbons (Fsp3) is 0.417. The first-order chi connectivity index (χ1) is 17.5. The van der Waals surface area contributed by atoms with Gasteiger partial charge in [0.1, 0.15) is 48.4 Å². The Bertz CT molecular complexity index is 1010. The summed E-state index contributed by atoms with van der Waals surface area (Å²) in [6.07, 6.45) is -9.13. The molecular formula is C24H30N4O8. The third-order valence-corrected chi connectivity index (χ3v) is 5.81. The number of anilines is 2. The largest absolute Gasteiger partial charge is 0.394 e. The number of rotatable bonds is 9. The summed E-state index contributed by atoms with van der Waals surface area (Å²) in [7, 11) is 0. The summed E-state index contributed by atoms with van der Waals surface area (Å²) in [5.41, 5.74) is 7.49. The van der Waals surface area contributed by atoms with E-state index in [2.05, 4.69) is 21.1 Å². The molecule has 2 aliphatic rings. The molecule has 0 aromatic heterocycles. The smallest absolute Gasteiger partial charge is 0.187 e. The highest BCUT2D eigenvalue weighted by Gasteiger charge is 2.48. The molecule has 12 nitrogen and oxygen atoms in total. The number of hydrogen-bond acceptors (Lipinski definition) is 12. The summed E-state index contributed by atoms with van der Waals surface area (Å²) in [6.45, 7) is -0.708. The quantitative estimate of drug-likeness (QED) is 0.175. The van der Waals surface area contributed by atoms with E-state index < -0.39 is 55.6 Å². The van der Waals surface area contributed by atoms with Crippen molar-refractivity contribution in [1.29, 1.82) is 0 Å². The second kappa shape index (κ2) is 12.3. The molecule has 194 valence electrons. The average Bonchev–Trinajstić information content (AvgIpc) is 3.27. The van der Waals surface area contributed by atoms with Gasteiger partial charge < -0.3 is 39.7 Å². The minimum Gasteiger partial charge on any atom is -0.394 e. The number of nitrogens with zero attached hydrogens (tertiary/aromatic N) is 2. The summed E-state index contributed by atoms with van der Waals surface area (Å²) in [5, 5.41) is 59.1. The number of benzene rings is 2. The predicted molar refractivity (Wildman–Crippen MR) is 130 cm³/mol. The van der Waals surface area contributed by atoms with Gasteiger partial charge in [0, 0.05) is 0 Å². The van der Waals surface area contributed by atoms with Gasteiger partial charge in [-0.1, -0.05) is 36.4 Å². The van der Waals surface area contributed by atoms with Gasteiger partial charge in [0.15, 0.2) is 6.29 Å². The van der Waals surface area contributed by atoms with Crippen molar-refractivity contribution in [3.05, 3.63) is 60.7 Å². The van der Waals surface area contributed by atoms with E-state index in [0.717, 1.165) is 5.69 Å². The number of ether oxygens (including phenoxy) is 3. The fourth-order valence-corrected chi connectivity index (χ4v) is 3.84. The molecule has 0 aliphatic carbocycles. The Morgan fingerprint density at radius 3 is 2.19 bits per heavy atom. The third-order valence-electron chi connectivity index (χ3n) is 5.81. The van der Waals surface area contributed by atoms with Gasteiger partial charge in [0.2, 0.25) is 0 Å². The van der Waals surface area contributed by atoms with Gasteiger partial charge in [0.25, 0.3) is 0 Å². The zero-order valence-corrected chi connectivity index (χ0v) is 19.2. The van der Waals surface area contributed by atoms with Gasteiger partial charge in [-0.25, -0.2) is 0 Å². The summed E-state index contributed by atoms with van der Waals surface area (Å²) < 4.78 is 17.0. The molecule has 2 aromatic carbocycles. The summed E-state index contributed by atoms with van der Waals surface area (Å²) >= 11 is 0. The molecule has 2 aliphatic heterocycles. The highest BCUT2D eigenvalue weighted by atomic mass is 16.7. The van der Waals surface area contributed by atoms with E-state index in [1.165, 1.54) is 6.21 Å². The van der Waals surface area contributed by atoms with Gasteiger partial charge in [-0.15, -0.1) is 0 Å². The van der Waals surface area contributed by atoms with Crippen molar-refractivity contribution in [3.8, 4) is 0 Å². The van der Waals surface area contributed by atoms with Crippen LogP contribution in [0, 0.1) is 0 Å². The number of nitrogens with one attached hydrogen (secondary N) is 2. The second-order valence-electron chi connectivity index (χ2n) is 8.37. The lowest BCUT2D eigenvalue weighted by atomic mass is 9.99.